The molecule has 3 aromatic heterocycles. The van der Waals surface area contributed by atoms with Crippen LogP contribution in [0.1, 0.15) is 66.1 Å². The number of ether oxygens (including phenoxy) is 1. The summed E-state index contributed by atoms with van der Waals surface area (Å²) in [6, 6.07) is 6.22. The van der Waals surface area contributed by atoms with E-state index in [4.69, 9.17) is 4.74 Å². The first kappa shape index (κ1) is 23.0. The first-order chi connectivity index (χ1) is 15.7. The van der Waals surface area contributed by atoms with Gasteiger partial charge in [0, 0.05) is 17.3 Å². The van der Waals surface area contributed by atoms with Crippen LogP contribution in [0.4, 0.5) is 5.00 Å². The highest BCUT2D eigenvalue weighted by Crippen LogP contribution is 2.33. The number of aromatic nitrogens is 3. The van der Waals surface area contributed by atoms with Crippen LogP contribution in [0, 0.1) is 0 Å². The fourth-order valence-corrected chi connectivity index (χ4v) is 6.19. The number of thiophene rings is 2. The van der Waals surface area contributed by atoms with Crippen LogP contribution >= 0.6 is 34.4 Å². The summed E-state index contributed by atoms with van der Waals surface area (Å²) in [6.45, 7) is 2.05. The number of hydrogen-bond donors (Lipinski definition) is 1. The van der Waals surface area contributed by atoms with Crippen LogP contribution in [0.15, 0.2) is 34.1 Å². The number of thioether (sulfide) groups is 1. The van der Waals surface area contributed by atoms with Crippen LogP contribution in [0.3, 0.4) is 0 Å². The third-order valence-electron chi connectivity index (χ3n) is 5.33. The summed E-state index contributed by atoms with van der Waals surface area (Å²) >= 11 is 4.43. The van der Waals surface area contributed by atoms with E-state index in [1.54, 1.807) is 29.7 Å². The Kier molecular flexibility index (Phi) is 7.99. The summed E-state index contributed by atoms with van der Waals surface area (Å²) in [7, 11) is 0. The second kappa shape index (κ2) is 11.1. The molecule has 1 amide bonds. The van der Waals surface area contributed by atoms with E-state index in [0.29, 0.717) is 23.2 Å². The highest BCUT2D eigenvalue weighted by Gasteiger charge is 2.24. The smallest absolute Gasteiger partial charge is 0.341 e. The van der Waals surface area contributed by atoms with E-state index in [2.05, 4.69) is 37.6 Å². The van der Waals surface area contributed by atoms with E-state index in [9.17, 15) is 9.59 Å². The van der Waals surface area contributed by atoms with Gasteiger partial charge in [-0.1, -0.05) is 37.1 Å². The third-order valence-corrected chi connectivity index (χ3v) is 7.98. The minimum Gasteiger partial charge on any atom is -0.462 e. The van der Waals surface area contributed by atoms with Crippen LogP contribution in [0.5, 0.6) is 0 Å². The van der Waals surface area contributed by atoms with Crippen molar-refractivity contribution in [1.29, 1.82) is 0 Å². The highest BCUT2D eigenvalue weighted by molar-refractivity contribution is 7.99. The van der Waals surface area contributed by atoms with Gasteiger partial charge in [0.2, 0.25) is 5.91 Å². The number of carbonyl (C=O) groups is 2. The Labute approximate surface area is 199 Å². The van der Waals surface area contributed by atoms with E-state index in [1.165, 1.54) is 47.2 Å². The van der Waals surface area contributed by atoms with E-state index in [1.807, 2.05) is 0 Å². The van der Waals surface area contributed by atoms with Gasteiger partial charge in [-0.15, -0.1) is 32.9 Å². The molecule has 3 heterocycles. The second-order valence-electron chi connectivity index (χ2n) is 7.54. The molecule has 1 saturated carbocycles. The molecule has 7 nitrogen and oxygen atoms in total. The van der Waals surface area contributed by atoms with E-state index in [0.717, 1.165) is 30.2 Å². The van der Waals surface area contributed by atoms with Crippen molar-refractivity contribution < 1.29 is 14.3 Å². The standard InChI is InChI=1S/C22H26N4O3S3/c1-2-29-21(28)17-10-12-31-20(17)23-19(27)14-32-22-25-24-18(13-16-9-6-11-30-16)26(22)15-7-4-3-5-8-15/h6,9-12,15H,2-5,7-8,13-14H2,1H3,(H,23,27). The Morgan fingerprint density at radius 3 is 2.78 bits per heavy atom. The molecule has 1 N–H and O–H groups in total. The summed E-state index contributed by atoms with van der Waals surface area (Å²) in [5.41, 5.74) is 0.388. The van der Waals surface area contributed by atoms with Gasteiger partial charge in [0.25, 0.3) is 0 Å². The predicted octanol–water partition coefficient (Wildman–Crippen LogP) is 5.40. The molecule has 0 saturated heterocycles. The number of hydrogen-bond acceptors (Lipinski definition) is 8. The van der Waals surface area contributed by atoms with E-state index >= 15 is 0 Å². The summed E-state index contributed by atoms with van der Waals surface area (Å²) in [5, 5.41) is 16.9. The number of esters is 1. The quantitative estimate of drug-likeness (QED) is 0.319. The Hall–Kier alpha value is -2.17. The molecule has 1 aliphatic rings. The number of nitrogens with one attached hydrogen (secondary N) is 1. The first-order valence-corrected chi connectivity index (χ1v) is 13.5. The molecule has 0 radical (unpaired) electrons. The molecular formula is C22H26N4O3S3. The highest BCUT2D eigenvalue weighted by atomic mass is 32.2. The van der Waals surface area contributed by atoms with Crippen LogP contribution in [-0.2, 0) is 16.0 Å². The molecule has 170 valence electrons. The zero-order valence-electron chi connectivity index (χ0n) is 17.9. The summed E-state index contributed by atoms with van der Waals surface area (Å²) < 4.78 is 7.31. The normalized spacial score (nSPS) is 14.4. The lowest BCUT2D eigenvalue weighted by Gasteiger charge is -2.25. The fraction of sp³-hybridized carbons (Fsp3) is 0.455. The van der Waals surface area contributed by atoms with Gasteiger partial charge in [0.1, 0.15) is 10.8 Å². The van der Waals surface area contributed by atoms with Gasteiger partial charge < -0.3 is 14.6 Å². The van der Waals surface area contributed by atoms with E-state index < -0.39 is 5.97 Å². The molecular weight excluding hydrogens is 464 g/mol. The van der Waals surface area contributed by atoms with Crippen molar-refractivity contribution >= 4 is 51.3 Å². The van der Waals surface area contributed by atoms with Gasteiger partial charge in [-0.2, -0.15) is 0 Å². The zero-order valence-corrected chi connectivity index (χ0v) is 20.4. The fourth-order valence-electron chi connectivity index (χ4n) is 3.87. The summed E-state index contributed by atoms with van der Waals surface area (Å²) in [4.78, 5) is 25.9. The monoisotopic (exact) mass is 490 g/mol. The van der Waals surface area contributed by atoms with Gasteiger partial charge in [-0.05, 0) is 42.7 Å². The summed E-state index contributed by atoms with van der Waals surface area (Å²) in [5.74, 6) is 0.558. The molecule has 32 heavy (non-hydrogen) atoms. The Balaban J connectivity index is 1.44. The van der Waals surface area contributed by atoms with Crippen molar-refractivity contribution in [3.63, 3.8) is 0 Å². The lowest BCUT2D eigenvalue weighted by Crippen LogP contribution is -2.19. The van der Waals surface area contributed by atoms with E-state index in [-0.39, 0.29) is 11.7 Å². The molecule has 10 heteroatoms. The molecule has 3 aromatic rings. The molecule has 1 aliphatic carbocycles. The van der Waals surface area contributed by atoms with Crippen molar-refractivity contribution in [2.24, 2.45) is 0 Å². The molecule has 0 atom stereocenters. The lowest BCUT2D eigenvalue weighted by atomic mass is 9.95. The van der Waals surface area contributed by atoms with Crippen molar-refractivity contribution in [3.05, 3.63) is 45.2 Å². The molecule has 0 bridgehead atoms. The first-order valence-electron chi connectivity index (χ1n) is 10.8. The topological polar surface area (TPSA) is 86.1 Å². The van der Waals surface area contributed by atoms with Crippen molar-refractivity contribution in [2.45, 2.75) is 56.6 Å². The predicted molar refractivity (Wildman–Crippen MR) is 129 cm³/mol. The van der Waals surface area contributed by atoms with Crippen LogP contribution in [0.25, 0.3) is 0 Å². The van der Waals surface area contributed by atoms with Crippen molar-refractivity contribution in [3.8, 4) is 0 Å². The van der Waals surface area contributed by atoms with Crippen LogP contribution in [0.2, 0.25) is 0 Å². The maximum absolute atomic E-state index is 12.6. The average molecular weight is 491 g/mol. The van der Waals surface area contributed by atoms with Gasteiger partial charge in [-0.3, -0.25) is 4.79 Å². The Morgan fingerprint density at radius 1 is 1.19 bits per heavy atom. The average Bonchev–Trinajstić information content (AvgIpc) is 3.55. The number of rotatable bonds is 9. The maximum atomic E-state index is 12.6. The second-order valence-corrected chi connectivity index (χ2v) is 10.4. The zero-order chi connectivity index (χ0) is 22.3. The molecule has 0 aromatic carbocycles. The van der Waals surface area contributed by atoms with Gasteiger partial charge >= 0.3 is 5.97 Å². The van der Waals surface area contributed by atoms with Crippen LogP contribution < -0.4 is 5.32 Å². The third kappa shape index (κ3) is 5.60. The number of nitrogens with zero attached hydrogens (tertiary/aromatic N) is 3. The minimum atomic E-state index is -0.424. The Morgan fingerprint density at radius 2 is 2.03 bits per heavy atom. The molecule has 4 rings (SSSR count). The number of carbonyl (C=O) groups excluding carboxylic acids is 2. The van der Waals surface area contributed by atoms with Gasteiger partial charge in [0.15, 0.2) is 5.16 Å². The molecule has 0 spiro atoms. The molecule has 0 unspecified atom stereocenters. The van der Waals surface area contributed by atoms with Crippen molar-refractivity contribution in [2.75, 3.05) is 17.7 Å². The van der Waals surface area contributed by atoms with Gasteiger partial charge in [0.05, 0.1) is 17.9 Å². The minimum absolute atomic E-state index is 0.180. The summed E-state index contributed by atoms with van der Waals surface area (Å²) in [6.07, 6.45) is 6.68. The van der Waals surface area contributed by atoms with Crippen LogP contribution in [-0.4, -0.2) is 39.0 Å². The molecule has 0 aliphatic heterocycles. The number of amides is 1. The SMILES string of the molecule is CCOC(=O)c1ccsc1NC(=O)CSc1nnc(Cc2cccs2)n1C1CCCCC1. The van der Waals surface area contributed by atoms with Gasteiger partial charge in [-0.25, -0.2) is 4.79 Å². The lowest BCUT2D eigenvalue weighted by molar-refractivity contribution is -0.113. The number of anilines is 1. The molecule has 1 fully saturated rings. The maximum Gasteiger partial charge on any atom is 0.341 e. The Bertz CT molecular complexity index is 1040. The van der Waals surface area contributed by atoms with Crippen molar-refractivity contribution in [1.82, 2.24) is 14.8 Å². The largest absolute Gasteiger partial charge is 0.462 e.